The monoisotopic (exact) mass is 406 g/mol. The molecule has 0 N–H and O–H groups in total. The molecule has 0 radical (unpaired) electrons. The summed E-state index contributed by atoms with van der Waals surface area (Å²) in [7, 11) is 0. The molecule has 0 spiro atoms. The molecule has 0 aromatic heterocycles. The van der Waals surface area contributed by atoms with E-state index in [2.05, 4.69) is 94.3 Å². The molecule has 0 aliphatic carbocycles. The van der Waals surface area contributed by atoms with E-state index >= 15 is 0 Å². The molecule has 164 valence electrons. The van der Waals surface area contributed by atoms with E-state index in [1.165, 1.54) is 22.3 Å². The van der Waals surface area contributed by atoms with Crippen molar-refractivity contribution in [2.24, 2.45) is 10.2 Å². The summed E-state index contributed by atoms with van der Waals surface area (Å²) in [5.74, 6) is 0. The summed E-state index contributed by atoms with van der Waals surface area (Å²) < 4.78 is 0. The summed E-state index contributed by atoms with van der Waals surface area (Å²) >= 11 is 0. The summed E-state index contributed by atoms with van der Waals surface area (Å²) in [4.78, 5) is 0. The Bertz CT molecular complexity index is 907. The second kappa shape index (κ2) is 7.94. The number of benzene rings is 2. The van der Waals surface area contributed by atoms with E-state index in [-0.39, 0.29) is 21.7 Å². The highest BCUT2D eigenvalue weighted by Gasteiger charge is 2.38. The van der Waals surface area contributed by atoms with Crippen LogP contribution in [0, 0.1) is 0 Å². The summed E-state index contributed by atoms with van der Waals surface area (Å²) in [6.45, 7) is 27.8. The van der Waals surface area contributed by atoms with Gasteiger partial charge in [0.25, 0.3) is 0 Å². The standard InChI is InChI=1S/C28H42N2/c1-25(2,3)20-18-21(30-29-19-16-14-13-15-17-19)23(27(7,8)9)24(28(10,11)12)22(20)26(4,5)6/h13-18H,1-12H3. The van der Waals surface area contributed by atoms with Crippen molar-refractivity contribution in [2.45, 2.75) is 105 Å². The maximum Gasteiger partial charge on any atom is 0.0900 e. The lowest BCUT2D eigenvalue weighted by atomic mass is 9.64. The molecule has 0 aliphatic rings. The zero-order chi connectivity index (χ0) is 23.1. The Labute approximate surface area is 185 Å². The highest BCUT2D eigenvalue weighted by Crippen LogP contribution is 2.49. The second-order valence-corrected chi connectivity index (χ2v) is 12.6. The molecule has 0 aliphatic heterocycles. The minimum atomic E-state index is -0.0515. The van der Waals surface area contributed by atoms with Crippen LogP contribution >= 0.6 is 0 Å². The van der Waals surface area contributed by atoms with Crippen molar-refractivity contribution in [1.29, 1.82) is 0 Å². The molecule has 0 saturated heterocycles. The van der Waals surface area contributed by atoms with Crippen molar-refractivity contribution < 1.29 is 0 Å². The number of hydrogen-bond acceptors (Lipinski definition) is 2. The lowest BCUT2D eigenvalue weighted by Gasteiger charge is -2.41. The van der Waals surface area contributed by atoms with Crippen LogP contribution in [0.25, 0.3) is 0 Å². The molecule has 0 bridgehead atoms. The van der Waals surface area contributed by atoms with Crippen LogP contribution in [0.5, 0.6) is 0 Å². The van der Waals surface area contributed by atoms with Crippen molar-refractivity contribution in [3.8, 4) is 0 Å². The molecule has 0 unspecified atom stereocenters. The molecule has 0 saturated carbocycles. The van der Waals surface area contributed by atoms with E-state index in [0.29, 0.717) is 0 Å². The van der Waals surface area contributed by atoms with Crippen molar-refractivity contribution >= 4 is 11.4 Å². The molecular weight excluding hydrogens is 364 g/mol. The van der Waals surface area contributed by atoms with E-state index in [1.54, 1.807) is 0 Å². The highest BCUT2D eigenvalue weighted by atomic mass is 15.1. The van der Waals surface area contributed by atoms with Gasteiger partial charge in [0.2, 0.25) is 0 Å². The number of nitrogens with zero attached hydrogens (tertiary/aromatic N) is 2. The van der Waals surface area contributed by atoms with Gasteiger partial charge in [0, 0.05) is 0 Å². The molecule has 0 fully saturated rings. The average molecular weight is 407 g/mol. The lowest BCUT2D eigenvalue weighted by Crippen LogP contribution is -2.32. The Kier molecular flexibility index (Phi) is 6.44. The van der Waals surface area contributed by atoms with Crippen LogP contribution < -0.4 is 0 Å². The van der Waals surface area contributed by atoms with E-state index in [1.807, 2.05) is 30.3 Å². The van der Waals surface area contributed by atoms with E-state index in [9.17, 15) is 0 Å². The molecule has 30 heavy (non-hydrogen) atoms. The first kappa shape index (κ1) is 24.3. The van der Waals surface area contributed by atoms with E-state index < -0.39 is 0 Å². The molecule has 2 heteroatoms. The number of azo groups is 1. The first-order valence-electron chi connectivity index (χ1n) is 11.1. The lowest BCUT2D eigenvalue weighted by molar-refractivity contribution is 0.477. The molecule has 2 nitrogen and oxygen atoms in total. The van der Waals surface area contributed by atoms with Crippen LogP contribution in [0.1, 0.15) is 105 Å². The average Bonchev–Trinajstić information content (AvgIpc) is 2.56. The zero-order valence-electron chi connectivity index (χ0n) is 21.4. The topological polar surface area (TPSA) is 24.7 Å². The second-order valence-electron chi connectivity index (χ2n) is 12.6. The van der Waals surface area contributed by atoms with Gasteiger partial charge in [0.05, 0.1) is 11.4 Å². The minimum absolute atomic E-state index is 0.00996. The van der Waals surface area contributed by atoms with Gasteiger partial charge in [0.1, 0.15) is 0 Å². The molecule has 2 aromatic rings. The molecule has 0 amide bonds. The molecular formula is C28H42N2. The Morgan fingerprint density at radius 3 is 1.37 bits per heavy atom. The third-order valence-electron chi connectivity index (χ3n) is 5.39. The highest BCUT2D eigenvalue weighted by molar-refractivity contribution is 5.64. The predicted molar refractivity (Wildman–Crippen MR) is 132 cm³/mol. The third kappa shape index (κ3) is 5.39. The van der Waals surface area contributed by atoms with Gasteiger partial charge in [-0.25, -0.2) is 0 Å². The van der Waals surface area contributed by atoms with Gasteiger partial charge in [-0.05, 0) is 62.1 Å². The fourth-order valence-electron chi connectivity index (χ4n) is 4.23. The van der Waals surface area contributed by atoms with Gasteiger partial charge in [-0.1, -0.05) is 101 Å². The SMILES string of the molecule is CC(C)(C)c1cc(N=Nc2ccccc2)c(C(C)(C)C)c(C(C)(C)C)c1C(C)(C)C. The maximum absolute atomic E-state index is 4.84. The van der Waals surface area contributed by atoms with Gasteiger partial charge < -0.3 is 0 Å². The van der Waals surface area contributed by atoms with Gasteiger partial charge in [-0.15, -0.1) is 0 Å². The first-order chi connectivity index (χ1) is 13.4. The van der Waals surface area contributed by atoms with Crippen LogP contribution in [-0.2, 0) is 21.7 Å². The van der Waals surface area contributed by atoms with Crippen LogP contribution in [0.4, 0.5) is 11.4 Å². The fourth-order valence-corrected chi connectivity index (χ4v) is 4.23. The molecule has 0 heterocycles. The zero-order valence-corrected chi connectivity index (χ0v) is 21.4. The Balaban J connectivity index is 3.04. The van der Waals surface area contributed by atoms with Gasteiger partial charge in [-0.2, -0.15) is 10.2 Å². The summed E-state index contributed by atoms with van der Waals surface area (Å²) in [5.41, 5.74) is 7.43. The van der Waals surface area contributed by atoms with Crippen molar-refractivity contribution in [3.05, 3.63) is 58.7 Å². The number of hydrogen-bond donors (Lipinski definition) is 0. The fraction of sp³-hybridized carbons (Fsp3) is 0.571. The maximum atomic E-state index is 4.84. The van der Waals surface area contributed by atoms with Crippen molar-refractivity contribution in [3.63, 3.8) is 0 Å². The minimum Gasteiger partial charge on any atom is -0.151 e. The van der Waals surface area contributed by atoms with Crippen LogP contribution in [0.15, 0.2) is 46.6 Å². The summed E-state index contributed by atoms with van der Waals surface area (Å²) in [5, 5.41) is 9.45. The quantitative estimate of drug-likeness (QED) is 0.444. The Morgan fingerprint density at radius 1 is 0.500 bits per heavy atom. The predicted octanol–water partition coefficient (Wildman–Crippen LogP) is 9.29. The van der Waals surface area contributed by atoms with Crippen LogP contribution in [0.2, 0.25) is 0 Å². The van der Waals surface area contributed by atoms with E-state index in [0.717, 1.165) is 11.4 Å². The normalized spacial score (nSPS) is 13.9. The Hall–Kier alpha value is -1.96. The summed E-state index contributed by atoms with van der Waals surface area (Å²) in [6.07, 6.45) is 0. The summed E-state index contributed by atoms with van der Waals surface area (Å²) in [6, 6.07) is 12.3. The van der Waals surface area contributed by atoms with Crippen molar-refractivity contribution in [2.75, 3.05) is 0 Å². The third-order valence-corrected chi connectivity index (χ3v) is 5.39. The smallest absolute Gasteiger partial charge is 0.0900 e. The van der Waals surface area contributed by atoms with Gasteiger partial charge in [0.15, 0.2) is 0 Å². The first-order valence-corrected chi connectivity index (χ1v) is 11.1. The van der Waals surface area contributed by atoms with Gasteiger partial charge >= 0.3 is 0 Å². The van der Waals surface area contributed by atoms with E-state index in [4.69, 9.17) is 5.11 Å². The van der Waals surface area contributed by atoms with Crippen LogP contribution in [-0.4, -0.2) is 0 Å². The van der Waals surface area contributed by atoms with Crippen molar-refractivity contribution in [1.82, 2.24) is 0 Å². The molecule has 2 aromatic carbocycles. The Morgan fingerprint density at radius 2 is 0.967 bits per heavy atom. The van der Waals surface area contributed by atoms with Gasteiger partial charge in [-0.3, -0.25) is 0 Å². The number of rotatable bonds is 2. The van der Waals surface area contributed by atoms with Crippen LogP contribution in [0.3, 0.4) is 0 Å². The molecule has 0 atom stereocenters. The largest absolute Gasteiger partial charge is 0.151 e. The molecule has 2 rings (SSSR count).